The van der Waals surface area contributed by atoms with Gasteiger partial charge < -0.3 is 3.87 Å². The summed E-state index contributed by atoms with van der Waals surface area (Å²) in [7, 11) is -13.7. The van der Waals surface area contributed by atoms with Crippen LogP contribution in [0.15, 0.2) is 0 Å². The molecule has 15 heteroatoms. The zero-order valence-electron chi connectivity index (χ0n) is 16.3. The van der Waals surface area contributed by atoms with Crippen LogP contribution in [0.1, 0.15) is 51.4 Å². The highest BCUT2D eigenvalue weighted by Crippen LogP contribution is 2.60. The van der Waals surface area contributed by atoms with E-state index in [1.807, 2.05) is 0 Å². The third-order valence-electron chi connectivity index (χ3n) is 7.24. The molecule has 6 atom stereocenters. The molecule has 4 fully saturated rings. The van der Waals surface area contributed by atoms with Crippen molar-refractivity contribution in [1.82, 2.24) is 0 Å². The van der Waals surface area contributed by atoms with Crippen LogP contribution in [0.3, 0.4) is 0 Å². The SMILES string of the molecule is O=S(=O)(O)C(F)(F)F.O=S(=O)(O[SiH](C1CC2CCC1C2)C1CC2CCC1C2)C(F)(F)F. The fraction of sp³-hybridized carbons (Fsp3) is 1.00. The molecule has 31 heavy (non-hydrogen) atoms. The van der Waals surface area contributed by atoms with Crippen LogP contribution in [0.2, 0.25) is 11.1 Å². The summed E-state index contributed by atoms with van der Waals surface area (Å²) < 4.78 is 125. The van der Waals surface area contributed by atoms with Gasteiger partial charge in [0.1, 0.15) is 0 Å². The molecule has 6 unspecified atom stereocenters. The predicted molar refractivity (Wildman–Crippen MR) is 99.2 cm³/mol. The summed E-state index contributed by atoms with van der Waals surface area (Å²) >= 11 is 0. The summed E-state index contributed by atoms with van der Waals surface area (Å²) in [6, 6.07) is 0. The van der Waals surface area contributed by atoms with Crippen molar-refractivity contribution in [3.63, 3.8) is 0 Å². The smallest absolute Gasteiger partial charge is 0.311 e. The molecule has 4 rings (SSSR count). The van der Waals surface area contributed by atoms with Crippen LogP contribution < -0.4 is 0 Å². The topological polar surface area (TPSA) is 97.7 Å². The van der Waals surface area contributed by atoms with E-state index < -0.39 is 40.3 Å². The first-order valence-corrected chi connectivity index (χ1v) is 14.7. The predicted octanol–water partition coefficient (Wildman–Crippen LogP) is 4.35. The van der Waals surface area contributed by atoms with Gasteiger partial charge in [-0.05, 0) is 60.4 Å². The minimum atomic E-state index is -5.84. The average molecular weight is 519 g/mol. The number of alkyl halides is 6. The summed E-state index contributed by atoms with van der Waals surface area (Å²) in [4.78, 5) is 0. The molecule has 0 heterocycles. The lowest BCUT2D eigenvalue weighted by Gasteiger charge is -2.36. The Morgan fingerprint density at radius 1 is 0.710 bits per heavy atom. The number of halogens is 6. The highest BCUT2D eigenvalue weighted by molar-refractivity contribution is 7.88. The van der Waals surface area contributed by atoms with Crippen molar-refractivity contribution in [1.29, 1.82) is 0 Å². The lowest BCUT2D eigenvalue weighted by Crippen LogP contribution is -2.41. The quantitative estimate of drug-likeness (QED) is 0.257. The molecule has 0 radical (unpaired) electrons. The van der Waals surface area contributed by atoms with E-state index in [-0.39, 0.29) is 11.1 Å². The maximum Gasteiger partial charge on any atom is 0.522 e. The van der Waals surface area contributed by atoms with E-state index in [9.17, 15) is 34.8 Å². The zero-order valence-corrected chi connectivity index (χ0v) is 19.1. The van der Waals surface area contributed by atoms with Crippen molar-refractivity contribution in [2.45, 2.75) is 73.5 Å². The summed E-state index contributed by atoms with van der Waals surface area (Å²) in [6.07, 6.45) is 8.38. The van der Waals surface area contributed by atoms with E-state index in [4.69, 9.17) is 16.8 Å². The van der Waals surface area contributed by atoms with Crippen LogP contribution in [0.4, 0.5) is 26.3 Å². The number of fused-ring (bicyclic) bond motifs is 4. The number of hydrogen-bond acceptors (Lipinski definition) is 5. The van der Waals surface area contributed by atoms with E-state index in [1.54, 1.807) is 0 Å². The van der Waals surface area contributed by atoms with Crippen molar-refractivity contribution in [2.24, 2.45) is 23.7 Å². The van der Waals surface area contributed by atoms with Gasteiger partial charge in [0.05, 0.1) is 0 Å². The van der Waals surface area contributed by atoms with Gasteiger partial charge in [-0.2, -0.15) is 43.2 Å². The van der Waals surface area contributed by atoms with Crippen molar-refractivity contribution >= 4 is 29.3 Å². The molecule has 0 aromatic carbocycles. The lowest BCUT2D eigenvalue weighted by atomic mass is 9.99. The van der Waals surface area contributed by atoms with Gasteiger partial charge in [-0.1, -0.05) is 25.7 Å². The lowest BCUT2D eigenvalue weighted by molar-refractivity contribution is -0.0512. The maximum atomic E-state index is 12.9. The zero-order chi connectivity index (χ0) is 23.4. The Morgan fingerprint density at radius 3 is 1.32 bits per heavy atom. The molecule has 0 aromatic heterocycles. The minimum absolute atomic E-state index is 0.134. The molecule has 0 aromatic rings. The summed E-state index contributed by atoms with van der Waals surface area (Å²) in [5.74, 6) is 2.02. The Morgan fingerprint density at radius 2 is 1.10 bits per heavy atom. The fourth-order valence-corrected chi connectivity index (χ4v) is 12.5. The Labute approximate surface area is 178 Å². The van der Waals surface area contributed by atoms with Crippen LogP contribution in [0, 0.1) is 23.7 Å². The Kier molecular flexibility index (Phi) is 6.87. The van der Waals surface area contributed by atoms with Gasteiger partial charge in [-0.25, -0.2) is 0 Å². The molecule has 0 saturated heterocycles. The van der Waals surface area contributed by atoms with Crippen molar-refractivity contribution < 1.29 is 51.6 Å². The molecule has 4 bridgehead atoms. The third kappa shape index (κ3) is 5.41. The first kappa shape index (κ1) is 25.2. The Balaban J connectivity index is 0.000000293. The monoisotopic (exact) mass is 518 g/mol. The van der Waals surface area contributed by atoms with Crippen LogP contribution in [0.25, 0.3) is 0 Å². The number of rotatable bonds is 4. The van der Waals surface area contributed by atoms with E-state index in [0.29, 0.717) is 23.7 Å². The molecule has 4 saturated carbocycles. The number of hydrogen-bond donors (Lipinski definition) is 1. The van der Waals surface area contributed by atoms with Gasteiger partial charge in [0.2, 0.25) is 9.04 Å². The molecule has 0 aliphatic heterocycles. The standard InChI is InChI=1S/C15H23F3O3SSi.CHF3O3S/c16-15(17,18)22(19,20)21-23(13-7-9-1-3-11(13)5-9)14-8-10-2-4-12(14)6-10;2-1(3,4)8(5,6)7/h9-14,23H,1-8H2;(H,5,6,7). The van der Waals surface area contributed by atoms with E-state index in [0.717, 1.165) is 51.4 Å². The molecule has 1 N–H and O–H groups in total. The molecular weight excluding hydrogens is 494 g/mol. The molecule has 4 aliphatic carbocycles. The average Bonchev–Trinajstić information content (AvgIpc) is 3.37. The van der Waals surface area contributed by atoms with Crippen LogP contribution in [-0.2, 0) is 24.1 Å². The first-order valence-electron chi connectivity index (χ1n) is 10.0. The van der Waals surface area contributed by atoms with Crippen molar-refractivity contribution in [3.05, 3.63) is 0 Å². The van der Waals surface area contributed by atoms with Gasteiger partial charge >= 0.3 is 31.3 Å². The summed E-state index contributed by atoms with van der Waals surface area (Å²) in [5.41, 5.74) is -10.6. The van der Waals surface area contributed by atoms with Gasteiger partial charge in [0, 0.05) is 0 Å². The highest BCUT2D eigenvalue weighted by Gasteiger charge is 2.57. The molecule has 0 spiro atoms. The molecule has 182 valence electrons. The minimum Gasteiger partial charge on any atom is -0.311 e. The maximum absolute atomic E-state index is 12.9. The van der Waals surface area contributed by atoms with Crippen LogP contribution in [-0.4, -0.2) is 41.4 Å². The Hall–Kier alpha value is -0.383. The summed E-state index contributed by atoms with van der Waals surface area (Å²) in [5, 5.41) is 0. The molecular formula is C16H24F6O6S2Si. The molecule has 6 nitrogen and oxygen atoms in total. The molecule has 4 aliphatic rings. The fourth-order valence-electron chi connectivity index (χ4n) is 6.05. The second-order valence-electron chi connectivity index (χ2n) is 9.06. The van der Waals surface area contributed by atoms with Crippen molar-refractivity contribution in [2.75, 3.05) is 0 Å². The van der Waals surface area contributed by atoms with Gasteiger partial charge in [0.25, 0.3) is 0 Å². The van der Waals surface area contributed by atoms with E-state index in [1.165, 1.54) is 0 Å². The van der Waals surface area contributed by atoms with Crippen molar-refractivity contribution in [3.8, 4) is 0 Å². The van der Waals surface area contributed by atoms with E-state index in [2.05, 4.69) is 0 Å². The summed E-state index contributed by atoms with van der Waals surface area (Å²) in [6.45, 7) is 0. The third-order valence-corrected chi connectivity index (χ3v) is 13.6. The van der Waals surface area contributed by atoms with Gasteiger partial charge in [0.15, 0.2) is 0 Å². The van der Waals surface area contributed by atoms with Gasteiger partial charge in [-0.3, -0.25) is 4.55 Å². The second kappa shape index (κ2) is 8.44. The van der Waals surface area contributed by atoms with E-state index >= 15 is 0 Å². The first-order chi connectivity index (χ1) is 14.0. The van der Waals surface area contributed by atoms with Crippen LogP contribution >= 0.6 is 0 Å². The highest BCUT2D eigenvalue weighted by atomic mass is 32.2. The molecule has 0 amide bonds. The Bertz CT molecular complexity index is 846. The normalized spacial score (nSPS) is 36.4. The van der Waals surface area contributed by atoms with Gasteiger partial charge in [-0.15, -0.1) is 0 Å². The second-order valence-corrected chi connectivity index (χ2v) is 15.3. The van der Waals surface area contributed by atoms with Crippen LogP contribution in [0.5, 0.6) is 0 Å². The largest absolute Gasteiger partial charge is 0.522 e.